The molecule has 2 atom stereocenters. The molecule has 0 aromatic heterocycles. The molecule has 22 heavy (non-hydrogen) atoms. The number of methoxy groups -OCH3 is 1. The summed E-state index contributed by atoms with van der Waals surface area (Å²) in [4.78, 5) is 38.4. The predicted octanol–water partition coefficient (Wildman–Crippen LogP) is 0.950. The van der Waals surface area contributed by atoms with Crippen LogP contribution in [0.25, 0.3) is 0 Å². The fraction of sp³-hybridized carbons (Fsp3) is 0.812. The van der Waals surface area contributed by atoms with Gasteiger partial charge in [0.05, 0.1) is 12.0 Å². The summed E-state index contributed by atoms with van der Waals surface area (Å²) in [7, 11) is 1.56. The lowest BCUT2D eigenvalue weighted by Gasteiger charge is -2.47. The highest BCUT2D eigenvalue weighted by atomic mass is 16.5. The van der Waals surface area contributed by atoms with Crippen LogP contribution in [0.2, 0.25) is 0 Å². The van der Waals surface area contributed by atoms with E-state index in [-0.39, 0.29) is 42.0 Å². The van der Waals surface area contributed by atoms with Gasteiger partial charge < -0.3 is 10.1 Å². The summed E-state index contributed by atoms with van der Waals surface area (Å²) in [5, 5.41) is 2.70. The van der Waals surface area contributed by atoms with E-state index < -0.39 is 5.41 Å². The number of hydrogen-bond acceptors (Lipinski definition) is 4. The smallest absolute Gasteiger partial charge is 0.235 e. The molecule has 2 fully saturated rings. The van der Waals surface area contributed by atoms with E-state index in [1.807, 2.05) is 20.8 Å². The molecule has 0 aromatic rings. The van der Waals surface area contributed by atoms with Crippen LogP contribution in [0.1, 0.15) is 40.0 Å². The Morgan fingerprint density at radius 1 is 1.36 bits per heavy atom. The first kappa shape index (κ1) is 16.9. The molecule has 1 heterocycles. The lowest BCUT2D eigenvalue weighted by Crippen LogP contribution is -2.59. The Morgan fingerprint density at radius 3 is 2.68 bits per heavy atom. The number of likely N-dealkylation sites (tertiary alicyclic amines) is 1. The number of ether oxygens (including phenoxy) is 1. The Kier molecular flexibility index (Phi) is 4.61. The number of fused-ring (bicyclic) bond motifs is 2. The highest BCUT2D eigenvalue weighted by Crippen LogP contribution is 2.59. The summed E-state index contributed by atoms with van der Waals surface area (Å²) in [6.45, 7) is 7.02. The third kappa shape index (κ3) is 2.53. The number of nitrogens with one attached hydrogen (secondary N) is 1. The monoisotopic (exact) mass is 310 g/mol. The average molecular weight is 310 g/mol. The standard InChI is InChI=1S/C16H26N2O4/c1-15(2)11-5-7-16(15,3)14(21)18(13(11)20)9-6-12(19)17-8-10-22-4/h11H,5-10H2,1-4H3,(H,17,19). The van der Waals surface area contributed by atoms with Gasteiger partial charge in [-0.1, -0.05) is 20.8 Å². The third-order valence-corrected chi connectivity index (χ3v) is 5.70. The molecule has 2 rings (SSSR count). The summed E-state index contributed by atoms with van der Waals surface area (Å²) in [6, 6.07) is 0. The molecule has 2 aliphatic rings. The zero-order chi connectivity index (χ0) is 16.5. The maximum Gasteiger partial charge on any atom is 0.235 e. The van der Waals surface area contributed by atoms with Gasteiger partial charge in [0.1, 0.15) is 0 Å². The lowest BCUT2D eigenvalue weighted by atomic mass is 9.62. The molecular weight excluding hydrogens is 284 g/mol. The molecule has 3 amide bonds. The van der Waals surface area contributed by atoms with E-state index in [2.05, 4.69) is 5.32 Å². The van der Waals surface area contributed by atoms with Gasteiger partial charge in [0.15, 0.2) is 0 Å². The molecule has 124 valence electrons. The van der Waals surface area contributed by atoms with Gasteiger partial charge in [-0.2, -0.15) is 0 Å². The van der Waals surface area contributed by atoms with Crippen LogP contribution >= 0.6 is 0 Å². The normalized spacial score (nSPS) is 29.8. The molecule has 0 spiro atoms. The van der Waals surface area contributed by atoms with Crippen LogP contribution < -0.4 is 5.32 Å². The van der Waals surface area contributed by atoms with Gasteiger partial charge in [0, 0.05) is 32.5 Å². The number of hydrogen-bond donors (Lipinski definition) is 1. The molecule has 6 nitrogen and oxygen atoms in total. The summed E-state index contributed by atoms with van der Waals surface area (Å²) in [5.41, 5.74) is -0.809. The Bertz CT molecular complexity index is 489. The van der Waals surface area contributed by atoms with Crippen LogP contribution in [0.5, 0.6) is 0 Å². The van der Waals surface area contributed by atoms with Crippen molar-refractivity contribution in [1.82, 2.24) is 10.2 Å². The van der Waals surface area contributed by atoms with Gasteiger partial charge in [0.25, 0.3) is 0 Å². The molecule has 1 saturated heterocycles. The third-order valence-electron chi connectivity index (χ3n) is 5.70. The summed E-state index contributed by atoms with van der Waals surface area (Å²) < 4.78 is 4.86. The fourth-order valence-electron chi connectivity index (χ4n) is 3.71. The number of nitrogens with zero attached hydrogens (tertiary/aromatic N) is 1. The zero-order valence-electron chi connectivity index (χ0n) is 13.9. The van der Waals surface area contributed by atoms with Crippen LogP contribution in [0.15, 0.2) is 0 Å². The first-order valence-electron chi connectivity index (χ1n) is 7.87. The molecule has 0 aromatic carbocycles. The highest BCUT2D eigenvalue weighted by Gasteiger charge is 2.64. The van der Waals surface area contributed by atoms with Gasteiger partial charge in [-0.25, -0.2) is 0 Å². The Hall–Kier alpha value is -1.43. The molecule has 2 bridgehead atoms. The largest absolute Gasteiger partial charge is 0.383 e. The quantitative estimate of drug-likeness (QED) is 0.585. The van der Waals surface area contributed by atoms with Crippen molar-refractivity contribution in [3.05, 3.63) is 0 Å². The minimum atomic E-state index is -0.502. The molecule has 1 aliphatic heterocycles. The molecule has 2 unspecified atom stereocenters. The Balaban J connectivity index is 2.00. The average Bonchev–Trinajstić information content (AvgIpc) is 2.64. The second-order valence-corrected chi connectivity index (χ2v) is 7.03. The number of amides is 3. The Morgan fingerprint density at radius 2 is 2.05 bits per heavy atom. The molecule has 1 N–H and O–H groups in total. The van der Waals surface area contributed by atoms with Crippen molar-refractivity contribution in [2.45, 2.75) is 40.0 Å². The van der Waals surface area contributed by atoms with Crippen molar-refractivity contribution in [1.29, 1.82) is 0 Å². The maximum atomic E-state index is 12.8. The summed E-state index contributed by atoms with van der Waals surface area (Å²) >= 11 is 0. The number of rotatable bonds is 6. The molecular formula is C16H26N2O4. The zero-order valence-corrected chi connectivity index (χ0v) is 13.9. The number of carbonyl (C=O) groups is 3. The van der Waals surface area contributed by atoms with Crippen LogP contribution in [-0.4, -0.2) is 49.4 Å². The second-order valence-electron chi connectivity index (χ2n) is 7.03. The van der Waals surface area contributed by atoms with Crippen molar-refractivity contribution < 1.29 is 19.1 Å². The molecule has 1 aliphatic carbocycles. The van der Waals surface area contributed by atoms with E-state index >= 15 is 0 Å². The SMILES string of the molecule is COCCNC(=O)CCN1C(=O)C2CCC(C)(C1=O)C2(C)C. The fourth-order valence-corrected chi connectivity index (χ4v) is 3.71. The van der Waals surface area contributed by atoms with E-state index in [9.17, 15) is 14.4 Å². The van der Waals surface area contributed by atoms with E-state index in [1.165, 1.54) is 4.90 Å². The predicted molar refractivity (Wildman–Crippen MR) is 80.8 cm³/mol. The molecule has 0 radical (unpaired) electrons. The first-order chi connectivity index (χ1) is 10.3. The number of carbonyl (C=O) groups excluding carboxylic acids is 3. The van der Waals surface area contributed by atoms with Crippen molar-refractivity contribution in [3.8, 4) is 0 Å². The van der Waals surface area contributed by atoms with Crippen LogP contribution in [-0.2, 0) is 19.1 Å². The van der Waals surface area contributed by atoms with Crippen molar-refractivity contribution in [2.24, 2.45) is 16.7 Å². The number of imide groups is 1. The van der Waals surface area contributed by atoms with Gasteiger partial charge >= 0.3 is 0 Å². The van der Waals surface area contributed by atoms with E-state index in [1.54, 1.807) is 7.11 Å². The van der Waals surface area contributed by atoms with Crippen LogP contribution in [0.4, 0.5) is 0 Å². The minimum absolute atomic E-state index is 0.116. The van der Waals surface area contributed by atoms with E-state index in [4.69, 9.17) is 4.74 Å². The Labute approximate surface area is 131 Å². The number of piperidine rings is 1. The second kappa shape index (κ2) is 5.99. The van der Waals surface area contributed by atoms with Gasteiger partial charge in [-0.05, 0) is 18.3 Å². The molecule has 1 saturated carbocycles. The molecule has 6 heteroatoms. The van der Waals surface area contributed by atoms with Crippen molar-refractivity contribution in [3.63, 3.8) is 0 Å². The van der Waals surface area contributed by atoms with Crippen LogP contribution in [0.3, 0.4) is 0 Å². The maximum absolute atomic E-state index is 12.8. The van der Waals surface area contributed by atoms with Gasteiger partial charge in [-0.15, -0.1) is 0 Å². The minimum Gasteiger partial charge on any atom is -0.383 e. The summed E-state index contributed by atoms with van der Waals surface area (Å²) in [6.07, 6.45) is 1.64. The van der Waals surface area contributed by atoms with Gasteiger partial charge in [0.2, 0.25) is 17.7 Å². The topological polar surface area (TPSA) is 75.7 Å². The van der Waals surface area contributed by atoms with Gasteiger partial charge in [-0.3, -0.25) is 19.3 Å². The first-order valence-corrected chi connectivity index (χ1v) is 7.87. The van der Waals surface area contributed by atoms with Crippen LogP contribution in [0, 0.1) is 16.7 Å². The lowest BCUT2D eigenvalue weighted by molar-refractivity contribution is -0.167. The van der Waals surface area contributed by atoms with Crippen molar-refractivity contribution >= 4 is 17.7 Å². The summed E-state index contributed by atoms with van der Waals surface area (Å²) in [5.74, 6) is -0.526. The van der Waals surface area contributed by atoms with E-state index in [0.717, 1.165) is 12.8 Å². The van der Waals surface area contributed by atoms with E-state index in [0.29, 0.717) is 13.2 Å². The highest BCUT2D eigenvalue weighted by molar-refractivity contribution is 6.04. The van der Waals surface area contributed by atoms with Crippen molar-refractivity contribution in [2.75, 3.05) is 26.8 Å².